The van der Waals surface area contributed by atoms with E-state index >= 15 is 0 Å². The standard InChI is InChI=1S/C22H49N5O/c1-22(2,3)12-20-26-14-6-4-5-11-21(28)27-19-10-18-25-16-8-7-15-24-17-9-13-23/h24-26H,4-20,23H2,1-3H3,(H,27,28). The molecule has 6 heteroatoms. The second-order valence-electron chi connectivity index (χ2n) is 8.92. The van der Waals surface area contributed by atoms with Crippen LogP contribution in [0.1, 0.15) is 78.6 Å². The van der Waals surface area contributed by atoms with Gasteiger partial charge in [-0.25, -0.2) is 0 Å². The Morgan fingerprint density at radius 3 is 1.82 bits per heavy atom. The van der Waals surface area contributed by atoms with Crippen LogP contribution in [0.25, 0.3) is 0 Å². The van der Waals surface area contributed by atoms with Gasteiger partial charge in [0, 0.05) is 13.0 Å². The van der Waals surface area contributed by atoms with Gasteiger partial charge in [-0.05, 0) is 96.2 Å². The van der Waals surface area contributed by atoms with Crippen LogP contribution >= 0.6 is 0 Å². The third kappa shape index (κ3) is 23.3. The number of carbonyl (C=O) groups is 1. The van der Waals surface area contributed by atoms with Gasteiger partial charge in [-0.1, -0.05) is 27.2 Å². The molecule has 0 bridgehead atoms. The van der Waals surface area contributed by atoms with E-state index in [1.54, 1.807) is 0 Å². The number of hydrogen-bond acceptors (Lipinski definition) is 5. The van der Waals surface area contributed by atoms with Crippen molar-refractivity contribution in [2.45, 2.75) is 78.6 Å². The maximum Gasteiger partial charge on any atom is 0.219 e. The molecule has 0 atom stereocenters. The zero-order chi connectivity index (χ0) is 20.9. The van der Waals surface area contributed by atoms with Gasteiger partial charge in [0.25, 0.3) is 0 Å². The first-order chi connectivity index (χ1) is 13.5. The number of unbranched alkanes of at least 4 members (excludes halogenated alkanes) is 3. The molecule has 0 heterocycles. The molecule has 0 fully saturated rings. The van der Waals surface area contributed by atoms with Crippen LogP contribution in [-0.4, -0.2) is 58.3 Å². The molecule has 0 aliphatic rings. The predicted molar refractivity (Wildman–Crippen MR) is 122 cm³/mol. The number of amides is 1. The molecule has 0 aromatic rings. The van der Waals surface area contributed by atoms with Gasteiger partial charge in [0.05, 0.1) is 0 Å². The van der Waals surface area contributed by atoms with Crippen LogP contribution in [-0.2, 0) is 4.79 Å². The summed E-state index contributed by atoms with van der Waals surface area (Å²) in [4.78, 5) is 11.8. The quantitative estimate of drug-likeness (QED) is 0.203. The topological polar surface area (TPSA) is 91.2 Å². The van der Waals surface area contributed by atoms with Crippen LogP contribution in [0.4, 0.5) is 0 Å². The molecule has 0 aromatic heterocycles. The summed E-state index contributed by atoms with van der Waals surface area (Å²) in [7, 11) is 0. The second kappa shape index (κ2) is 19.6. The smallest absolute Gasteiger partial charge is 0.219 e. The lowest BCUT2D eigenvalue weighted by molar-refractivity contribution is -0.121. The van der Waals surface area contributed by atoms with Crippen molar-refractivity contribution in [3.8, 4) is 0 Å². The Bertz CT molecular complexity index is 344. The summed E-state index contributed by atoms with van der Waals surface area (Å²) < 4.78 is 0. The van der Waals surface area contributed by atoms with Crippen molar-refractivity contribution in [3.05, 3.63) is 0 Å². The molecule has 0 unspecified atom stereocenters. The van der Waals surface area contributed by atoms with E-state index in [1.807, 2.05) is 0 Å². The van der Waals surface area contributed by atoms with Crippen LogP contribution in [0.3, 0.4) is 0 Å². The Labute approximate surface area is 174 Å². The molecule has 0 aliphatic heterocycles. The van der Waals surface area contributed by atoms with Gasteiger partial charge in [-0.3, -0.25) is 4.79 Å². The highest BCUT2D eigenvalue weighted by atomic mass is 16.1. The molecular weight excluding hydrogens is 350 g/mol. The average molecular weight is 400 g/mol. The predicted octanol–water partition coefficient (Wildman–Crippen LogP) is 2.39. The number of rotatable bonds is 20. The molecule has 168 valence electrons. The summed E-state index contributed by atoms with van der Waals surface area (Å²) in [5, 5.41) is 13.3. The van der Waals surface area contributed by atoms with Crippen molar-refractivity contribution in [2.75, 3.05) is 52.4 Å². The molecule has 0 radical (unpaired) electrons. The Hall–Kier alpha value is -0.690. The van der Waals surface area contributed by atoms with Crippen molar-refractivity contribution in [2.24, 2.45) is 11.1 Å². The van der Waals surface area contributed by atoms with E-state index in [2.05, 4.69) is 42.0 Å². The molecular formula is C22H49N5O. The first-order valence-electron chi connectivity index (χ1n) is 11.5. The lowest BCUT2D eigenvalue weighted by Gasteiger charge is -2.17. The molecule has 0 aromatic carbocycles. The fraction of sp³-hybridized carbons (Fsp3) is 0.955. The summed E-state index contributed by atoms with van der Waals surface area (Å²) >= 11 is 0. The number of nitrogens with one attached hydrogen (secondary N) is 4. The molecule has 6 nitrogen and oxygen atoms in total. The zero-order valence-corrected chi connectivity index (χ0v) is 19.0. The molecule has 1 amide bonds. The van der Waals surface area contributed by atoms with Crippen LogP contribution in [0, 0.1) is 5.41 Å². The lowest BCUT2D eigenvalue weighted by Crippen LogP contribution is -2.27. The van der Waals surface area contributed by atoms with Gasteiger partial charge in [0.2, 0.25) is 5.91 Å². The molecule has 0 aliphatic carbocycles. The largest absolute Gasteiger partial charge is 0.356 e. The number of carbonyl (C=O) groups excluding carboxylic acids is 1. The monoisotopic (exact) mass is 399 g/mol. The van der Waals surface area contributed by atoms with E-state index in [1.165, 1.54) is 19.3 Å². The van der Waals surface area contributed by atoms with Crippen molar-refractivity contribution < 1.29 is 4.79 Å². The van der Waals surface area contributed by atoms with E-state index in [0.29, 0.717) is 11.8 Å². The molecule has 0 saturated carbocycles. The van der Waals surface area contributed by atoms with Gasteiger partial charge in [0.1, 0.15) is 0 Å². The summed E-state index contributed by atoms with van der Waals surface area (Å²) in [5.41, 5.74) is 5.86. The summed E-state index contributed by atoms with van der Waals surface area (Å²) in [6, 6.07) is 0. The van der Waals surface area contributed by atoms with Crippen molar-refractivity contribution in [3.63, 3.8) is 0 Å². The van der Waals surface area contributed by atoms with Gasteiger partial charge < -0.3 is 27.0 Å². The maximum absolute atomic E-state index is 11.8. The van der Waals surface area contributed by atoms with Crippen molar-refractivity contribution in [1.29, 1.82) is 0 Å². The van der Waals surface area contributed by atoms with Crippen molar-refractivity contribution >= 4 is 5.91 Å². The minimum Gasteiger partial charge on any atom is -0.356 e. The molecule has 6 N–H and O–H groups in total. The third-order valence-electron chi connectivity index (χ3n) is 4.68. The van der Waals surface area contributed by atoms with E-state index < -0.39 is 0 Å². The highest BCUT2D eigenvalue weighted by molar-refractivity contribution is 5.75. The third-order valence-corrected chi connectivity index (χ3v) is 4.68. The fourth-order valence-electron chi connectivity index (χ4n) is 2.81. The van der Waals surface area contributed by atoms with E-state index in [0.717, 1.165) is 84.5 Å². The maximum atomic E-state index is 11.8. The van der Waals surface area contributed by atoms with E-state index in [-0.39, 0.29) is 5.91 Å². The molecule has 28 heavy (non-hydrogen) atoms. The zero-order valence-electron chi connectivity index (χ0n) is 19.0. The summed E-state index contributed by atoms with van der Waals surface area (Å²) in [5.74, 6) is 0.198. The molecule has 0 spiro atoms. The van der Waals surface area contributed by atoms with Crippen molar-refractivity contribution in [1.82, 2.24) is 21.3 Å². The van der Waals surface area contributed by atoms with Gasteiger partial charge >= 0.3 is 0 Å². The highest BCUT2D eigenvalue weighted by Crippen LogP contribution is 2.16. The summed E-state index contributed by atoms with van der Waals surface area (Å²) in [6.07, 6.45) is 9.57. The molecule has 0 saturated heterocycles. The van der Waals surface area contributed by atoms with Gasteiger partial charge in [-0.2, -0.15) is 0 Å². The average Bonchev–Trinajstić information content (AvgIpc) is 2.64. The van der Waals surface area contributed by atoms with Crippen LogP contribution in [0.15, 0.2) is 0 Å². The Balaban J connectivity index is 3.19. The normalized spacial score (nSPS) is 11.7. The highest BCUT2D eigenvalue weighted by Gasteiger charge is 2.08. The van der Waals surface area contributed by atoms with E-state index in [9.17, 15) is 4.79 Å². The minimum atomic E-state index is 0.198. The summed E-state index contributed by atoms with van der Waals surface area (Å²) in [6.45, 7) is 14.6. The minimum absolute atomic E-state index is 0.198. The fourth-order valence-corrected chi connectivity index (χ4v) is 2.81. The Kier molecular flexibility index (Phi) is 19.1. The van der Waals surface area contributed by atoms with Crippen LogP contribution in [0.2, 0.25) is 0 Å². The number of nitrogens with two attached hydrogens (primary N) is 1. The second-order valence-corrected chi connectivity index (χ2v) is 8.92. The van der Waals surface area contributed by atoms with Crippen LogP contribution < -0.4 is 27.0 Å². The Morgan fingerprint density at radius 2 is 1.21 bits per heavy atom. The van der Waals surface area contributed by atoms with Gasteiger partial charge in [0.15, 0.2) is 0 Å². The lowest BCUT2D eigenvalue weighted by atomic mass is 9.92. The van der Waals surface area contributed by atoms with Crippen LogP contribution in [0.5, 0.6) is 0 Å². The molecule has 0 rings (SSSR count). The number of hydrogen-bond donors (Lipinski definition) is 5. The van der Waals surface area contributed by atoms with Gasteiger partial charge in [-0.15, -0.1) is 0 Å². The SMILES string of the molecule is CC(C)(C)CCNCCCCCC(=O)NCCCNCCCCNCCCN. The van der Waals surface area contributed by atoms with E-state index in [4.69, 9.17) is 5.73 Å². The first kappa shape index (κ1) is 27.3. The Morgan fingerprint density at radius 1 is 0.679 bits per heavy atom. The first-order valence-corrected chi connectivity index (χ1v) is 11.5.